The summed E-state index contributed by atoms with van der Waals surface area (Å²) in [4.78, 5) is 4.29. The molecule has 6 heteroatoms. The van der Waals surface area contributed by atoms with E-state index in [1.165, 1.54) is 6.21 Å². The quantitative estimate of drug-likeness (QED) is 0.674. The van der Waals surface area contributed by atoms with Crippen LogP contribution in [0.25, 0.3) is 0 Å². The first-order valence-corrected chi connectivity index (χ1v) is 6.39. The van der Waals surface area contributed by atoms with Gasteiger partial charge in [0.2, 0.25) is 0 Å². The lowest BCUT2D eigenvalue weighted by molar-refractivity contribution is 0.184. The van der Waals surface area contributed by atoms with Gasteiger partial charge in [0, 0.05) is 18.4 Å². The number of nitrogens with zero attached hydrogens (tertiary/aromatic N) is 3. The average Bonchev–Trinajstić information content (AvgIpc) is 2.85. The van der Waals surface area contributed by atoms with Gasteiger partial charge in [-0.2, -0.15) is 10.4 Å². The number of ether oxygens (including phenoxy) is 1. The monoisotopic (exact) mass is 284 g/mol. The Labute approximate surface area is 123 Å². The van der Waals surface area contributed by atoms with E-state index in [2.05, 4.69) is 21.6 Å². The molecule has 0 amide bonds. The third-order valence-corrected chi connectivity index (χ3v) is 2.76. The van der Waals surface area contributed by atoms with Crippen LogP contribution < -0.4 is 5.43 Å². The van der Waals surface area contributed by atoms with E-state index < -0.39 is 0 Å². The summed E-state index contributed by atoms with van der Waals surface area (Å²) in [6, 6.07) is 7.62. The Kier molecular flexibility index (Phi) is 4.69. The van der Waals surface area contributed by atoms with Crippen molar-refractivity contribution >= 4 is 12.0 Å². The number of aromatic nitrogens is 1. The van der Waals surface area contributed by atoms with Crippen molar-refractivity contribution in [3.8, 4) is 6.07 Å². The second kappa shape index (κ2) is 6.68. The Bertz CT molecular complexity index is 698. The highest BCUT2D eigenvalue weighted by molar-refractivity contribution is 5.76. The predicted octanol–water partition coefficient (Wildman–Crippen LogP) is 2.76. The minimum absolute atomic E-state index is 0.349. The van der Waals surface area contributed by atoms with Crippen LogP contribution in [0.3, 0.4) is 0 Å². The van der Waals surface area contributed by atoms with Crippen LogP contribution in [-0.2, 0) is 11.3 Å². The number of furan rings is 1. The number of anilines is 1. The fourth-order valence-corrected chi connectivity index (χ4v) is 1.90. The van der Waals surface area contributed by atoms with Crippen LogP contribution in [0.2, 0.25) is 0 Å². The Balaban J connectivity index is 2.23. The first-order valence-electron chi connectivity index (χ1n) is 6.39. The summed E-state index contributed by atoms with van der Waals surface area (Å²) in [5.41, 5.74) is 4.77. The second-order valence-corrected chi connectivity index (χ2v) is 4.51. The number of aryl methyl sites for hydroxylation is 2. The van der Waals surface area contributed by atoms with Crippen molar-refractivity contribution in [2.45, 2.75) is 20.5 Å². The summed E-state index contributed by atoms with van der Waals surface area (Å²) in [6.07, 6.45) is 1.54. The van der Waals surface area contributed by atoms with Crippen molar-refractivity contribution in [2.75, 3.05) is 12.5 Å². The maximum absolute atomic E-state index is 9.28. The maximum atomic E-state index is 9.28. The lowest BCUT2D eigenvalue weighted by Crippen LogP contribution is -2.03. The topological polar surface area (TPSA) is 83.4 Å². The molecule has 0 atom stereocenters. The zero-order chi connectivity index (χ0) is 15.2. The minimum Gasteiger partial charge on any atom is -0.460 e. The summed E-state index contributed by atoms with van der Waals surface area (Å²) >= 11 is 0. The Morgan fingerprint density at radius 1 is 1.48 bits per heavy atom. The molecule has 0 spiro atoms. The molecule has 0 aromatic carbocycles. The molecule has 2 aromatic rings. The third-order valence-electron chi connectivity index (χ3n) is 2.76. The Morgan fingerprint density at radius 2 is 2.29 bits per heavy atom. The van der Waals surface area contributed by atoms with E-state index in [0.29, 0.717) is 23.7 Å². The molecule has 0 aliphatic heterocycles. The van der Waals surface area contributed by atoms with Crippen LogP contribution in [0.15, 0.2) is 27.7 Å². The van der Waals surface area contributed by atoms with Gasteiger partial charge in [-0.25, -0.2) is 4.98 Å². The summed E-state index contributed by atoms with van der Waals surface area (Å²) in [6.45, 7) is 4.06. The van der Waals surface area contributed by atoms with Crippen LogP contribution >= 0.6 is 0 Å². The van der Waals surface area contributed by atoms with Gasteiger partial charge in [0.1, 0.15) is 23.2 Å². The Hall–Kier alpha value is -2.65. The summed E-state index contributed by atoms with van der Waals surface area (Å²) < 4.78 is 10.5. The molecule has 0 radical (unpaired) electrons. The SMILES string of the molecule is COCc1cc(C)nc(NN=Cc2ccc(C)o2)c1C#N. The van der Waals surface area contributed by atoms with Gasteiger partial charge in [-0.3, -0.25) is 5.43 Å². The van der Waals surface area contributed by atoms with E-state index in [1.54, 1.807) is 7.11 Å². The Morgan fingerprint density at radius 3 is 2.90 bits per heavy atom. The van der Waals surface area contributed by atoms with Gasteiger partial charge in [0.05, 0.1) is 12.8 Å². The second-order valence-electron chi connectivity index (χ2n) is 4.51. The number of pyridine rings is 1. The molecule has 1 N–H and O–H groups in total. The summed E-state index contributed by atoms with van der Waals surface area (Å²) in [5.74, 6) is 1.84. The van der Waals surface area contributed by atoms with Gasteiger partial charge in [-0.05, 0) is 32.0 Å². The zero-order valence-electron chi connectivity index (χ0n) is 12.2. The molecule has 0 unspecified atom stereocenters. The van der Waals surface area contributed by atoms with Gasteiger partial charge in [-0.1, -0.05) is 0 Å². The van der Waals surface area contributed by atoms with Crippen molar-refractivity contribution in [1.29, 1.82) is 5.26 Å². The van der Waals surface area contributed by atoms with Gasteiger partial charge < -0.3 is 9.15 Å². The highest BCUT2D eigenvalue weighted by atomic mass is 16.5. The summed E-state index contributed by atoms with van der Waals surface area (Å²) in [5, 5.41) is 13.3. The molecule has 0 bridgehead atoms. The van der Waals surface area contributed by atoms with Gasteiger partial charge in [-0.15, -0.1) is 0 Å². The number of methoxy groups -OCH3 is 1. The highest BCUT2D eigenvalue weighted by Crippen LogP contribution is 2.19. The van der Waals surface area contributed by atoms with Crippen molar-refractivity contribution < 1.29 is 9.15 Å². The van der Waals surface area contributed by atoms with Crippen molar-refractivity contribution in [3.05, 3.63) is 46.5 Å². The van der Waals surface area contributed by atoms with Crippen LogP contribution in [0, 0.1) is 25.2 Å². The first kappa shape index (κ1) is 14.8. The molecular formula is C15H16N4O2. The number of hydrazone groups is 1. The molecule has 0 fully saturated rings. The fraction of sp³-hybridized carbons (Fsp3) is 0.267. The van der Waals surface area contributed by atoms with Crippen molar-refractivity contribution in [1.82, 2.24) is 4.98 Å². The van der Waals surface area contributed by atoms with E-state index in [0.717, 1.165) is 17.0 Å². The van der Waals surface area contributed by atoms with Crippen molar-refractivity contribution in [2.24, 2.45) is 5.10 Å². The maximum Gasteiger partial charge on any atom is 0.164 e. The third kappa shape index (κ3) is 3.68. The van der Waals surface area contributed by atoms with E-state index in [1.807, 2.05) is 32.0 Å². The zero-order valence-corrected chi connectivity index (χ0v) is 12.2. The fourth-order valence-electron chi connectivity index (χ4n) is 1.90. The van der Waals surface area contributed by atoms with Gasteiger partial charge in [0.15, 0.2) is 5.82 Å². The largest absolute Gasteiger partial charge is 0.460 e. The number of nitrogens with one attached hydrogen (secondary N) is 1. The molecule has 0 saturated heterocycles. The number of rotatable bonds is 5. The number of nitriles is 1. The smallest absolute Gasteiger partial charge is 0.164 e. The minimum atomic E-state index is 0.349. The number of hydrogen-bond donors (Lipinski definition) is 1. The summed E-state index contributed by atoms with van der Waals surface area (Å²) in [7, 11) is 1.58. The molecule has 0 aliphatic rings. The lowest BCUT2D eigenvalue weighted by atomic mass is 10.1. The van der Waals surface area contributed by atoms with E-state index in [-0.39, 0.29) is 0 Å². The van der Waals surface area contributed by atoms with Crippen LogP contribution in [0.1, 0.15) is 28.3 Å². The number of hydrogen-bond acceptors (Lipinski definition) is 6. The molecule has 2 aromatic heterocycles. The molecule has 0 saturated carbocycles. The predicted molar refractivity (Wildman–Crippen MR) is 79.1 cm³/mol. The first-order chi connectivity index (χ1) is 10.1. The van der Waals surface area contributed by atoms with E-state index >= 15 is 0 Å². The average molecular weight is 284 g/mol. The standard InChI is InChI=1S/C15H16N4O2/c1-10-6-12(9-20-3)14(7-16)15(18-10)19-17-8-13-5-4-11(2)21-13/h4-6,8H,9H2,1-3H3,(H,18,19). The molecule has 0 aliphatic carbocycles. The highest BCUT2D eigenvalue weighted by Gasteiger charge is 2.10. The normalized spacial score (nSPS) is 10.8. The van der Waals surface area contributed by atoms with Gasteiger partial charge >= 0.3 is 0 Å². The van der Waals surface area contributed by atoms with Crippen LogP contribution in [-0.4, -0.2) is 18.3 Å². The van der Waals surface area contributed by atoms with Crippen LogP contribution in [0.5, 0.6) is 0 Å². The van der Waals surface area contributed by atoms with E-state index in [9.17, 15) is 5.26 Å². The molecule has 108 valence electrons. The molecule has 2 rings (SSSR count). The van der Waals surface area contributed by atoms with Crippen molar-refractivity contribution in [3.63, 3.8) is 0 Å². The molecular weight excluding hydrogens is 268 g/mol. The van der Waals surface area contributed by atoms with Gasteiger partial charge in [0.25, 0.3) is 0 Å². The lowest BCUT2D eigenvalue weighted by Gasteiger charge is -2.08. The van der Waals surface area contributed by atoms with Crippen LogP contribution in [0.4, 0.5) is 5.82 Å². The molecule has 6 nitrogen and oxygen atoms in total. The molecule has 2 heterocycles. The molecule has 21 heavy (non-hydrogen) atoms. The van der Waals surface area contributed by atoms with E-state index in [4.69, 9.17) is 9.15 Å².